The number of hydrogen-bond acceptors (Lipinski definition) is 7. The highest BCUT2D eigenvalue weighted by atomic mass is 16.5. The van der Waals surface area contributed by atoms with Crippen molar-refractivity contribution in [2.24, 2.45) is 0 Å². The van der Waals surface area contributed by atoms with Gasteiger partial charge in [-0.25, -0.2) is 0 Å². The van der Waals surface area contributed by atoms with E-state index in [9.17, 15) is 0 Å². The summed E-state index contributed by atoms with van der Waals surface area (Å²) in [5.41, 5.74) is 2.20. The SMILES string of the molecule is COc1ccc(-c2noc(CN3CCN(Cc4cccc(OC)c4)CC3)n2)cc1. The lowest BCUT2D eigenvalue weighted by Gasteiger charge is -2.33. The minimum atomic E-state index is 0.610. The predicted molar refractivity (Wildman–Crippen MR) is 110 cm³/mol. The molecule has 3 aromatic rings. The minimum absolute atomic E-state index is 0.610. The number of piperazine rings is 1. The zero-order chi connectivity index (χ0) is 20.1. The van der Waals surface area contributed by atoms with Gasteiger partial charge in [-0.15, -0.1) is 0 Å². The van der Waals surface area contributed by atoms with Gasteiger partial charge in [-0.1, -0.05) is 17.3 Å². The monoisotopic (exact) mass is 394 g/mol. The molecule has 0 N–H and O–H groups in total. The van der Waals surface area contributed by atoms with Crippen LogP contribution >= 0.6 is 0 Å². The van der Waals surface area contributed by atoms with E-state index in [0.29, 0.717) is 18.3 Å². The molecule has 152 valence electrons. The van der Waals surface area contributed by atoms with Gasteiger partial charge in [0.15, 0.2) is 0 Å². The molecule has 0 amide bonds. The van der Waals surface area contributed by atoms with Crippen molar-refractivity contribution in [1.29, 1.82) is 0 Å². The molecule has 1 fully saturated rings. The Morgan fingerprint density at radius 1 is 0.862 bits per heavy atom. The molecule has 1 saturated heterocycles. The van der Waals surface area contributed by atoms with Gasteiger partial charge in [0, 0.05) is 38.3 Å². The Morgan fingerprint density at radius 2 is 1.55 bits per heavy atom. The lowest BCUT2D eigenvalue weighted by Crippen LogP contribution is -2.45. The lowest BCUT2D eigenvalue weighted by molar-refractivity contribution is 0.112. The summed E-state index contributed by atoms with van der Waals surface area (Å²) in [4.78, 5) is 9.36. The fourth-order valence-electron chi connectivity index (χ4n) is 3.50. The van der Waals surface area contributed by atoms with Crippen molar-refractivity contribution >= 4 is 0 Å². The number of benzene rings is 2. The maximum absolute atomic E-state index is 5.46. The Balaban J connectivity index is 1.29. The van der Waals surface area contributed by atoms with E-state index in [1.165, 1.54) is 5.56 Å². The Hall–Kier alpha value is -2.90. The predicted octanol–water partition coefficient (Wildman–Crippen LogP) is 3.07. The van der Waals surface area contributed by atoms with Crippen LogP contribution in [0.5, 0.6) is 11.5 Å². The van der Waals surface area contributed by atoms with Gasteiger partial charge in [-0.3, -0.25) is 9.80 Å². The molecule has 2 heterocycles. The largest absolute Gasteiger partial charge is 0.497 e. The molecular formula is C22H26N4O3. The summed E-state index contributed by atoms with van der Waals surface area (Å²) in [6, 6.07) is 15.9. The van der Waals surface area contributed by atoms with Crippen LogP contribution in [-0.4, -0.2) is 60.3 Å². The van der Waals surface area contributed by atoms with E-state index in [0.717, 1.165) is 49.8 Å². The van der Waals surface area contributed by atoms with Gasteiger partial charge in [-0.05, 0) is 42.0 Å². The Morgan fingerprint density at radius 3 is 2.24 bits per heavy atom. The second-order valence-electron chi connectivity index (χ2n) is 7.14. The smallest absolute Gasteiger partial charge is 0.241 e. The summed E-state index contributed by atoms with van der Waals surface area (Å²) >= 11 is 0. The quantitative estimate of drug-likeness (QED) is 0.610. The highest BCUT2D eigenvalue weighted by Crippen LogP contribution is 2.20. The third kappa shape index (κ3) is 4.93. The highest BCUT2D eigenvalue weighted by molar-refractivity contribution is 5.55. The van der Waals surface area contributed by atoms with Gasteiger partial charge < -0.3 is 14.0 Å². The normalized spacial score (nSPS) is 15.4. The van der Waals surface area contributed by atoms with Crippen molar-refractivity contribution < 1.29 is 14.0 Å². The average Bonchev–Trinajstić information content (AvgIpc) is 3.24. The molecule has 4 rings (SSSR count). The molecule has 7 heteroatoms. The molecular weight excluding hydrogens is 368 g/mol. The van der Waals surface area contributed by atoms with Crippen LogP contribution in [0.1, 0.15) is 11.5 Å². The van der Waals surface area contributed by atoms with Crippen LogP contribution in [0.3, 0.4) is 0 Å². The van der Waals surface area contributed by atoms with Gasteiger partial charge in [0.1, 0.15) is 11.5 Å². The summed E-state index contributed by atoms with van der Waals surface area (Å²) in [6.45, 7) is 5.59. The molecule has 0 radical (unpaired) electrons. The molecule has 2 aromatic carbocycles. The van der Waals surface area contributed by atoms with Crippen molar-refractivity contribution in [3.63, 3.8) is 0 Å². The van der Waals surface area contributed by atoms with E-state index in [1.807, 2.05) is 36.4 Å². The van der Waals surface area contributed by atoms with E-state index in [2.05, 4.69) is 32.1 Å². The zero-order valence-corrected chi connectivity index (χ0v) is 16.9. The van der Waals surface area contributed by atoms with E-state index in [-0.39, 0.29) is 0 Å². The highest BCUT2D eigenvalue weighted by Gasteiger charge is 2.19. The fraction of sp³-hybridized carbons (Fsp3) is 0.364. The Kier molecular flexibility index (Phi) is 6.07. The van der Waals surface area contributed by atoms with Crippen molar-refractivity contribution in [2.75, 3.05) is 40.4 Å². The first-order valence-electron chi connectivity index (χ1n) is 9.78. The summed E-state index contributed by atoms with van der Waals surface area (Å²) in [7, 11) is 3.35. The van der Waals surface area contributed by atoms with Crippen LogP contribution in [0.4, 0.5) is 0 Å². The van der Waals surface area contributed by atoms with Crippen LogP contribution in [0.2, 0.25) is 0 Å². The molecule has 1 aromatic heterocycles. The first-order valence-corrected chi connectivity index (χ1v) is 9.78. The molecule has 0 bridgehead atoms. The number of hydrogen-bond donors (Lipinski definition) is 0. The van der Waals surface area contributed by atoms with Gasteiger partial charge in [0.2, 0.25) is 11.7 Å². The summed E-state index contributed by atoms with van der Waals surface area (Å²) < 4.78 is 16.0. The van der Waals surface area contributed by atoms with Crippen molar-refractivity contribution in [3.05, 3.63) is 60.0 Å². The first-order chi connectivity index (χ1) is 14.2. The summed E-state index contributed by atoms with van der Waals surface area (Å²) in [5, 5.41) is 4.12. The molecule has 1 aliphatic rings. The second kappa shape index (κ2) is 9.07. The van der Waals surface area contributed by atoms with E-state index >= 15 is 0 Å². The topological polar surface area (TPSA) is 63.9 Å². The van der Waals surface area contributed by atoms with Gasteiger partial charge in [0.25, 0.3) is 0 Å². The summed E-state index contributed by atoms with van der Waals surface area (Å²) in [5.74, 6) is 2.98. The van der Waals surface area contributed by atoms with Crippen molar-refractivity contribution in [2.45, 2.75) is 13.1 Å². The van der Waals surface area contributed by atoms with Crippen LogP contribution < -0.4 is 9.47 Å². The molecule has 0 aliphatic carbocycles. The average molecular weight is 394 g/mol. The van der Waals surface area contributed by atoms with Crippen LogP contribution in [-0.2, 0) is 13.1 Å². The molecule has 0 unspecified atom stereocenters. The number of rotatable bonds is 7. The maximum atomic E-state index is 5.46. The number of methoxy groups -OCH3 is 2. The van der Waals surface area contributed by atoms with Gasteiger partial charge >= 0.3 is 0 Å². The molecule has 0 spiro atoms. The third-order valence-corrected chi connectivity index (χ3v) is 5.18. The molecule has 0 saturated carbocycles. The number of aromatic nitrogens is 2. The van der Waals surface area contributed by atoms with Crippen LogP contribution in [0, 0.1) is 0 Å². The standard InChI is InChI=1S/C22H26N4O3/c1-27-19-8-6-18(7-9-19)22-23-21(29-24-22)16-26-12-10-25(11-13-26)15-17-4-3-5-20(14-17)28-2/h3-9,14H,10-13,15-16H2,1-2H3. The van der Waals surface area contributed by atoms with E-state index in [1.54, 1.807) is 14.2 Å². The Bertz CT molecular complexity index is 918. The van der Waals surface area contributed by atoms with Crippen molar-refractivity contribution in [3.8, 4) is 22.9 Å². The van der Waals surface area contributed by atoms with Crippen LogP contribution in [0.15, 0.2) is 53.1 Å². The van der Waals surface area contributed by atoms with Gasteiger partial charge in [-0.2, -0.15) is 4.98 Å². The summed E-state index contributed by atoms with van der Waals surface area (Å²) in [6.07, 6.45) is 0. The van der Waals surface area contributed by atoms with Crippen molar-refractivity contribution in [1.82, 2.24) is 19.9 Å². The molecule has 0 atom stereocenters. The minimum Gasteiger partial charge on any atom is -0.497 e. The maximum Gasteiger partial charge on any atom is 0.241 e. The Labute approximate surface area is 170 Å². The first kappa shape index (κ1) is 19.4. The molecule has 7 nitrogen and oxygen atoms in total. The fourth-order valence-corrected chi connectivity index (χ4v) is 3.50. The number of nitrogens with zero attached hydrogens (tertiary/aromatic N) is 4. The van der Waals surface area contributed by atoms with Crippen LogP contribution in [0.25, 0.3) is 11.4 Å². The second-order valence-corrected chi connectivity index (χ2v) is 7.14. The lowest BCUT2D eigenvalue weighted by atomic mass is 10.2. The van der Waals surface area contributed by atoms with E-state index < -0.39 is 0 Å². The van der Waals surface area contributed by atoms with E-state index in [4.69, 9.17) is 14.0 Å². The van der Waals surface area contributed by atoms with Gasteiger partial charge in [0.05, 0.1) is 20.8 Å². The zero-order valence-electron chi connectivity index (χ0n) is 16.9. The number of ether oxygens (including phenoxy) is 2. The molecule has 1 aliphatic heterocycles. The molecule has 29 heavy (non-hydrogen) atoms. The third-order valence-electron chi connectivity index (χ3n) is 5.18.